The normalized spacial score (nSPS) is 12.7. The van der Waals surface area contributed by atoms with E-state index in [1.165, 1.54) is 0 Å². The van der Waals surface area contributed by atoms with Crippen LogP contribution in [-0.2, 0) is 11.2 Å². The monoisotopic (exact) mass is 272 g/mol. The van der Waals surface area contributed by atoms with Crippen LogP contribution in [0.5, 0.6) is 0 Å². The van der Waals surface area contributed by atoms with E-state index < -0.39 is 6.10 Å². The molecule has 0 aliphatic rings. The van der Waals surface area contributed by atoms with Crippen LogP contribution in [0.25, 0.3) is 0 Å². The van der Waals surface area contributed by atoms with Crippen LogP contribution in [0, 0.1) is 0 Å². The second-order valence-corrected chi connectivity index (χ2v) is 4.48. The van der Waals surface area contributed by atoms with Crippen molar-refractivity contribution in [3.05, 3.63) is 34.3 Å². The van der Waals surface area contributed by atoms with Crippen molar-refractivity contribution in [2.24, 2.45) is 0 Å². The number of aliphatic hydroxyl groups is 1. The Labute approximate surface area is 99.4 Å². The molecule has 0 aliphatic heterocycles. The van der Waals surface area contributed by atoms with Crippen molar-refractivity contribution in [1.29, 1.82) is 0 Å². The third kappa shape index (κ3) is 5.30. The van der Waals surface area contributed by atoms with E-state index in [4.69, 9.17) is 4.74 Å². The second-order valence-electron chi connectivity index (χ2n) is 3.56. The molecule has 0 bridgehead atoms. The van der Waals surface area contributed by atoms with E-state index in [2.05, 4.69) is 22.9 Å². The van der Waals surface area contributed by atoms with Crippen molar-refractivity contribution < 1.29 is 9.84 Å². The standard InChI is InChI=1S/C12H17BrO2/c1-2-6-15-9-12(14)8-10-4-3-5-11(13)7-10/h3-5,7,12,14H,2,6,8-9H2,1H3. The van der Waals surface area contributed by atoms with Gasteiger partial charge in [-0.15, -0.1) is 0 Å². The van der Waals surface area contributed by atoms with Crippen molar-refractivity contribution in [3.63, 3.8) is 0 Å². The van der Waals surface area contributed by atoms with E-state index >= 15 is 0 Å². The quantitative estimate of drug-likeness (QED) is 0.807. The van der Waals surface area contributed by atoms with Gasteiger partial charge in [0.15, 0.2) is 0 Å². The third-order valence-electron chi connectivity index (χ3n) is 2.02. The molecule has 0 aliphatic carbocycles. The number of hydrogen-bond donors (Lipinski definition) is 1. The molecule has 1 aromatic rings. The summed E-state index contributed by atoms with van der Waals surface area (Å²) in [7, 11) is 0. The van der Waals surface area contributed by atoms with E-state index in [1.54, 1.807) is 0 Å². The first kappa shape index (κ1) is 12.7. The number of benzene rings is 1. The summed E-state index contributed by atoms with van der Waals surface area (Å²) in [4.78, 5) is 0. The lowest BCUT2D eigenvalue weighted by molar-refractivity contribution is 0.0374. The summed E-state index contributed by atoms with van der Waals surface area (Å²) in [5.74, 6) is 0. The molecular formula is C12H17BrO2. The molecule has 1 rings (SSSR count). The Hall–Kier alpha value is -0.380. The van der Waals surface area contributed by atoms with E-state index in [1.807, 2.05) is 24.3 Å². The first-order valence-corrected chi connectivity index (χ1v) is 6.02. The Kier molecular flexibility index (Phi) is 5.91. The summed E-state index contributed by atoms with van der Waals surface area (Å²) in [5.41, 5.74) is 1.12. The van der Waals surface area contributed by atoms with Crippen molar-refractivity contribution >= 4 is 15.9 Å². The van der Waals surface area contributed by atoms with E-state index in [9.17, 15) is 5.11 Å². The number of ether oxygens (including phenoxy) is 1. The Morgan fingerprint density at radius 1 is 1.47 bits per heavy atom. The fourth-order valence-corrected chi connectivity index (χ4v) is 1.81. The fraction of sp³-hybridized carbons (Fsp3) is 0.500. The molecule has 1 aromatic carbocycles. The van der Waals surface area contributed by atoms with Gasteiger partial charge in [0.25, 0.3) is 0 Å². The number of halogens is 1. The van der Waals surface area contributed by atoms with Crippen molar-refractivity contribution in [1.82, 2.24) is 0 Å². The minimum atomic E-state index is -0.411. The minimum Gasteiger partial charge on any atom is -0.390 e. The maximum Gasteiger partial charge on any atom is 0.0813 e. The van der Waals surface area contributed by atoms with Crippen LogP contribution < -0.4 is 0 Å². The first-order valence-electron chi connectivity index (χ1n) is 5.22. The van der Waals surface area contributed by atoms with Crippen molar-refractivity contribution in [2.45, 2.75) is 25.9 Å². The van der Waals surface area contributed by atoms with Gasteiger partial charge in [-0.1, -0.05) is 35.0 Å². The molecule has 15 heavy (non-hydrogen) atoms. The summed E-state index contributed by atoms with van der Waals surface area (Å²) >= 11 is 3.40. The zero-order valence-corrected chi connectivity index (χ0v) is 10.5. The zero-order valence-electron chi connectivity index (χ0n) is 8.95. The van der Waals surface area contributed by atoms with Gasteiger partial charge in [-0.25, -0.2) is 0 Å². The smallest absolute Gasteiger partial charge is 0.0813 e. The highest BCUT2D eigenvalue weighted by molar-refractivity contribution is 9.10. The van der Waals surface area contributed by atoms with Gasteiger partial charge in [-0.2, -0.15) is 0 Å². The summed E-state index contributed by atoms with van der Waals surface area (Å²) in [5, 5.41) is 9.68. The van der Waals surface area contributed by atoms with Crippen LogP contribution in [-0.4, -0.2) is 24.4 Å². The third-order valence-corrected chi connectivity index (χ3v) is 2.51. The number of aliphatic hydroxyl groups excluding tert-OH is 1. The molecule has 0 saturated heterocycles. The lowest BCUT2D eigenvalue weighted by atomic mass is 10.1. The highest BCUT2D eigenvalue weighted by atomic mass is 79.9. The first-order chi connectivity index (χ1) is 7.22. The van der Waals surface area contributed by atoms with Crippen molar-refractivity contribution in [3.8, 4) is 0 Å². The summed E-state index contributed by atoms with van der Waals surface area (Å²) in [6.07, 6.45) is 1.22. The van der Waals surface area contributed by atoms with Crippen LogP contribution in [0.4, 0.5) is 0 Å². The van der Waals surface area contributed by atoms with E-state index in [-0.39, 0.29) is 0 Å². The SMILES string of the molecule is CCCOCC(O)Cc1cccc(Br)c1. The molecule has 2 nitrogen and oxygen atoms in total. The molecule has 1 unspecified atom stereocenters. The predicted molar refractivity (Wildman–Crippen MR) is 65.0 cm³/mol. The lowest BCUT2D eigenvalue weighted by Gasteiger charge is -2.11. The maximum absolute atomic E-state index is 9.68. The van der Waals surface area contributed by atoms with Crippen LogP contribution in [0.2, 0.25) is 0 Å². The van der Waals surface area contributed by atoms with E-state index in [0.717, 1.165) is 23.1 Å². The van der Waals surface area contributed by atoms with Gasteiger partial charge >= 0.3 is 0 Å². The minimum absolute atomic E-state index is 0.411. The molecular weight excluding hydrogens is 256 g/mol. The Bertz CT molecular complexity index is 289. The molecule has 84 valence electrons. The van der Waals surface area contributed by atoms with Gasteiger partial charge in [0, 0.05) is 17.5 Å². The highest BCUT2D eigenvalue weighted by Crippen LogP contribution is 2.13. The lowest BCUT2D eigenvalue weighted by Crippen LogP contribution is -2.18. The summed E-state index contributed by atoms with van der Waals surface area (Å²) in [6.45, 7) is 3.19. The molecule has 0 aromatic heterocycles. The fourth-order valence-electron chi connectivity index (χ4n) is 1.36. The van der Waals surface area contributed by atoms with Crippen molar-refractivity contribution in [2.75, 3.05) is 13.2 Å². The molecule has 0 spiro atoms. The molecule has 1 atom stereocenters. The molecule has 0 amide bonds. The Morgan fingerprint density at radius 3 is 2.93 bits per heavy atom. The largest absolute Gasteiger partial charge is 0.390 e. The molecule has 1 N–H and O–H groups in total. The maximum atomic E-state index is 9.68. The molecule has 3 heteroatoms. The molecule has 0 radical (unpaired) electrons. The number of rotatable bonds is 6. The highest BCUT2D eigenvalue weighted by Gasteiger charge is 2.05. The van der Waals surface area contributed by atoms with E-state index in [0.29, 0.717) is 13.0 Å². The van der Waals surface area contributed by atoms with Gasteiger partial charge in [0.1, 0.15) is 0 Å². The van der Waals surface area contributed by atoms with Gasteiger partial charge < -0.3 is 9.84 Å². The van der Waals surface area contributed by atoms with Crippen LogP contribution in [0.3, 0.4) is 0 Å². The van der Waals surface area contributed by atoms with Gasteiger partial charge in [-0.05, 0) is 24.1 Å². The molecule has 0 saturated carbocycles. The second kappa shape index (κ2) is 6.99. The Balaban J connectivity index is 2.34. The Morgan fingerprint density at radius 2 is 2.27 bits per heavy atom. The topological polar surface area (TPSA) is 29.5 Å². The van der Waals surface area contributed by atoms with Crippen LogP contribution in [0.15, 0.2) is 28.7 Å². The number of hydrogen-bond acceptors (Lipinski definition) is 2. The van der Waals surface area contributed by atoms with Crippen LogP contribution >= 0.6 is 15.9 Å². The van der Waals surface area contributed by atoms with Gasteiger partial charge in [-0.3, -0.25) is 0 Å². The van der Waals surface area contributed by atoms with Gasteiger partial charge in [0.05, 0.1) is 12.7 Å². The molecule has 0 heterocycles. The summed E-state index contributed by atoms with van der Waals surface area (Å²) < 4.78 is 6.33. The predicted octanol–water partition coefficient (Wildman–Crippen LogP) is 2.78. The average Bonchev–Trinajstić information content (AvgIpc) is 2.18. The zero-order chi connectivity index (χ0) is 11.1. The summed E-state index contributed by atoms with van der Waals surface area (Å²) in [6, 6.07) is 7.97. The van der Waals surface area contributed by atoms with Crippen LogP contribution in [0.1, 0.15) is 18.9 Å². The molecule has 0 fully saturated rings. The van der Waals surface area contributed by atoms with Gasteiger partial charge in [0.2, 0.25) is 0 Å². The average molecular weight is 273 g/mol.